The van der Waals surface area contributed by atoms with Crippen LogP contribution >= 0.6 is 0 Å². The van der Waals surface area contributed by atoms with E-state index in [1.54, 1.807) is 6.92 Å². The van der Waals surface area contributed by atoms with Gasteiger partial charge in [-0.3, -0.25) is 0 Å². The highest BCUT2D eigenvalue weighted by atomic mass is 19.2. The molecule has 202 valence electrons. The van der Waals surface area contributed by atoms with Crippen molar-refractivity contribution in [3.8, 4) is 17.2 Å². The van der Waals surface area contributed by atoms with E-state index in [0.29, 0.717) is 13.0 Å². The second-order valence-corrected chi connectivity index (χ2v) is 8.76. The lowest BCUT2D eigenvalue weighted by Crippen LogP contribution is -2.17. The molecule has 2 heterocycles. The molecular weight excluding hydrogens is 511 g/mol. The number of esters is 1. The number of nitrogens with zero attached hydrogens (tertiary/aromatic N) is 5. The predicted octanol–water partition coefficient (Wildman–Crippen LogP) is 4.66. The summed E-state index contributed by atoms with van der Waals surface area (Å²) in [7, 11) is 5.14. The minimum atomic E-state index is -1.48. The Bertz CT molecular complexity index is 1510. The minimum absolute atomic E-state index is 0.0324. The van der Waals surface area contributed by atoms with E-state index in [-0.39, 0.29) is 41.4 Å². The number of carbonyl (C=O) groups excluding carboxylic acids is 1. The quantitative estimate of drug-likeness (QED) is 0.145. The summed E-state index contributed by atoms with van der Waals surface area (Å²) in [6.45, 7) is 2.34. The molecule has 0 radical (unpaired) electrons. The fraction of sp³-hybridized carbons (Fsp3) is 0.320. The van der Waals surface area contributed by atoms with Crippen molar-refractivity contribution in [2.24, 2.45) is 7.05 Å². The van der Waals surface area contributed by atoms with E-state index in [2.05, 4.69) is 15.4 Å². The normalized spacial score (nSPS) is 11.5. The highest BCUT2D eigenvalue weighted by Crippen LogP contribution is 2.35. The zero-order valence-electron chi connectivity index (χ0n) is 21.1. The van der Waals surface area contributed by atoms with E-state index in [4.69, 9.17) is 4.74 Å². The lowest BCUT2D eigenvalue weighted by atomic mass is 10.1. The maximum atomic E-state index is 15.5. The summed E-state index contributed by atoms with van der Waals surface area (Å²) >= 11 is 0. The van der Waals surface area contributed by atoms with Crippen LogP contribution in [0.3, 0.4) is 0 Å². The number of imidazole rings is 1. The van der Waals surface area contributed by atoms with Crippen LogP contribution in [0.1, 0.15) is 23.7 Å². The number of anilines is 1. The third kappa shape index (κ3) is 4.93. The Balaban J connectivity index is 1.88. The highest BCUT2D eigenvalue weighted by Gasteiger charge is 2.29. The van der Waals surface area contributed by atoms with Gasteiger partial charge < -0.3 is 19.5 Å². The Morgan fingerprint density at radius 2 is 1.76 bits per heavy atom. The molecule has 0 bridgehead atoms. The van der Waals surface area contributed by atoms with Crippen LogP contribution in [-0.2, 0) is 11.8 Å². The number of aromatic nitrogens is 4. The van der Waals surface area contributed by atoms with Crippen LogP contribution in [0.2, 0.25) is 0 Å². The second kappa shape index (κ2) is 10.8. The van der Waals surface area contributed by atoms with Crippen molar-refractivity contribution in [2.75, 3.05) is 39.1 Å². The largest absolute Gasteiger partial charge is 0.462 e. The average Bonchev–Trinajstić information content (AvgIpc) is 3.42. The average molecular weight is 537 g/mol. The third-order valence-corrected chi connectivity index (χ3v) is 5.85. The van der Waals surface area contributed by atoms with E-state index in [0.717, 1.165) is 29.1 Å². The standard InChI is InChI=1S/C25H25F5N6O2/c1-5-38-24(37)14-12-32-36(25-33-18-10-15(26)16(27)11-19(18)35(25)4)23(14)13-9-17(28)22(21(30)20(13)29)31-7-6-8-34(2)3/h9-12,31H,5-8H2,1-4H3. The summed E-state index contributed by atoms with van der Waals surface area (Å²) in [5.41, 5.74) is -1.71. The SMILES string of the molecule is CCOC(=O)c1cnn(-c2nc3cc(F)c(F)cc3n2C)c1-c1cc(F)c(NCCCN(C)C)c(F)c1F. The van der Waals surface area contributed by atoms with Crippen LogP contribution in [0.25, 0.3) is 28.2 Å². The van der Waals surface area contributed by atoms with E-state index >= 15 is 13.2 Å². The first-order valence-corrected chi connectivity index (χ1v) is 11.7. The van der Waals surface area contributed by atoms with Crippen molar-refractivity contribution in [1.29, 1.82) is 0 Å². The lowest BCUT2D eigenvalue weighted by molar-refractivity contribution is 0.0527. The monoisotopic (exact) mass is 536 g/mol. The molecule has 0 aliphatic carbocycles. The molecule has 13 heteroatoms. The Morgan fingerprint density at radius 3 is 2.45 bits per heavy atom. The Hall–Kier alpha value is -4.00. The van der Waals surface area contributed by atoms with Crippen molar-refractivity contribution in [3.05, 3.63) is 59.0 Å². The number of halogens is 5. The van der Waals surface area contributed by atoms with Crippen LogP contribution in [0.15, 0.2) is 24.4 Å². The number of carbonyl (C=O) groups is 1. The number of rotatable bonds is 9. The Labute approximate surface area is 214 Å². The highest BCUT2D eigenvalue weighted by molar-refractivity contribution is 5.96. The maximum Gasteiger partial charge on any atom is 0.342 e. The van der Waals surface area contributed by atoms with Crippen LogP contribution < -0.4 is 5.32 Å². The fourth-order valence-electron chi connectivity index (χ4n) is 4.02. The Kier molecular flexibility index (Phi) is 7.67. The van der Waals surface area contributed by atoms with E-state index in [1.165, 1.54) is 11.6 Å². The van der Waals surface area contributed by atoms with Gasteiger partial charge in [0.1, 0.15) is 17.1 Å². The molecule has 4 rings (SSSR count). The summed E-state index contributed by atoms with van der Waals surface area (Å²) in [4.78, 5) is 18.8. The van der Waals surface area contributed by atoms with Crippen molar-refractivity contribution in [1.82, 2.24) is 24.2 Å². The van der Waals surface area contributed by atoms with Gasteiger partial charge in [-0.05, 0) is 40.1 Å². The molecule has 4 aromatic rings. The number of hydrogen-bond donors (Lipinski definition) is 1. The third-order valence-electron chi connectivity index (χ3n) is 5.85. The number of aryl methyl sites for hydroxylation is 1. The predicted molar refractivity (Wildman–Crippen MR) is 131 cm³/mol. The van der Waals surface area contributed by atoms with Crippen LogP contribution in [0, 0.1) is 29.1 Å². The zero-order valence-corrected chi connectivity index (χ0v) is 21.1. The van der Waals surface area contributed by atoms with Gasteiger partial charge in [-0.15, -0.1) is 0 Å². The van der Waals surface area contributed by atoms with E-state index < -0.39 is 46.3 Å². The van der Waals surface area contributed by atoms with Crippen molar-refractivity contribution >= 4 is 22.7 Å². The summed E-state index contributed by atoms with van der Waals surface area (Å²) in [6.07, 6.45) is 1.58. The smallest absolute Gasteiger partial charge is 0.342 e. The summed E-state index contributed by atoms with van der Waals surface area (Å²) in [5, 5.41) is 6.65. The molecule has 0 fully saturated rings. The van der Waals surface area contributed by atoms with Crippen molar-refractivity contribution in [2.45, 2.75) is 13.3 Å². The van der Waals surface area contributed by atoms with Gasteiger partial charge in [0.2, 0.25) is 5.95 Å². The first kappa shape index (κ1) is 27.0. The molecule has 2 aromatic carbocycles. The molecule has 0 atom stereocenters. The van der Waals surface area contributed by atoms with Gasteiger partial charge in [0.25, 0.3) is 0 Å². The second-order valence-electron chi connectivity index (χ2n) is 8.76. The van der Waals surface area contributed by atoms with Crippen molar-refractivity contribution < 1.29 is 31.5 Å². The molecule has 0 amide bonds. The number of benzene rings is 2. The molecule has 0 spiro atoms. The van der Waals surface area contributed by atoms with Gasteiger partial charge in [0.15, 0.2) is 23.3 Å². The molecule has 8 nitrogen and oxygen atoms in total. The van der Waals surface area contributed by atoms with Gasteiger partial charge in [-0.2, -0.15) is 9.78 Å². The minimum Gasteiger partial charge on any atom is -0.462 e. The number of fused-ring (bicyclic) bond motifs is 1. The first-order chi connectivity index (χ1) is 18.0. The van der Waals surface area contributed by atoms with E-state index in [9.17, 15) is 13.6 Å². The molecule has 0 unspecified atom stereocenters. The zero-order chi connectivity index (χ0) is 27.7. The molecule has 38 heavy (non-hydrogen) atoms. The van der Waals surface area contributed by atoms with E-state index in [1.807, 2.05) is 19.0 Å². The van der Waals surface area contributed by atoms with Crippen molar-refractivity contribution in [3.63, 3.8) is 0 Å². The van der Waals surface area contributed by atoms with Gasteiger partial charge >= 0.3 is 5.97 Å². The molecule has 0 aliphatic heterocycles. The van der Waals surface area contributed by atoms with Gasteiger partial charge in [-0.1, -0.05) is 0 Å². The maximum absolute atomic E-state index is 15.5. The molecule has 0 aliphatic rings. The summed E-state index contributed by atoms with van der Waals surface area (Å²) in [5.74, 6) is -7.30. The number of nitrogens with one attached hydrogen (secondary N) is 1. The molecule has 2 aromatic heterocycles. The van der Waals surface area contributed by atoms with Gasteiger partial charge in [0.05, 0.1) is 29.5 Å². The molecular formula is C25H25F5N6O2. The topological polar surface area (TPSA) is 77.2 Å². The molecule has 1 N–H and O–H groups in total. The summed E-state index contributed by atoms with van der Waals surface area (Å²) in [6, 6.07) is 2.51. The number of ether oxygens (including phenoxy) is 1. The number of hydrogen-bond acceptors (Lipinski definition) is 6. The molecule has 0 saturated heterocycles. The Morgan fingerprint density at radius 1 is 1.05 bits per heavy atom. The van der Waals surface area contributed by atoms with Crippen LogP contribution in [0.4, 0.5) is 27.6 Å². The van der Waals surface area contributed by atoms with Gasteiger partial charge in [0, 0.05) is 31.3 Å². The van der Waals surface area contributed by atoms with Crippen LogP contribution in [-0.4, -0.2) is 64.0 Å². The summed E-state index contributed by atoms with van der Waals surface area (Å²) < 4.78 is 80.7. The van der Waals surface area contributed by atoms with Gasteiger partial charge in [-0.25, -0.2) is 31.7 Å². The van der Waals surface area contributed by atoms with Crippen LogP contribution in [0.5, 0.6) is 0 Å². The fourth-order valence-corrected chi connectivity index (χ4v) is 4.02. The first-order valence-electron chi connectivity index (χ1n) is 11.7. The lowest BCUT2D eigenvalue weighted by Gasteiger charge is -2.15. The molecule has 0 saturated carbocycles.